The quantitative estimate of drug-likeness (QED) is 0.696. The van der Waals surface area contributed by atoms with Crippen LogP contribution in [0.3, 0.4) is 0 Å². The molecule has 1 aliphatic rings. The average Bonchev–Trinajstić information content (AvgIpc) is 3.08. The highest BCUT2D eigenvalue weighted by Gasteiger charge is 2.32. The van der Waals surface area contributed by atoms with Gasteiger partial charge in [-0.25, -0.2) is 4.39 Å². The molecule has 0 aliphatic carbocycles. The van der Waals surface area contributed by atoms with E-state index in [0.29, 0.717) is 23.4 Å². The lowest BCUT2D eigenvalue weighted by Crippen LogP contribution is -2.36. The SMILES string of the molecule is COc1ccc(C(=O)N2CCCn3cccc3C2c2ccccc2F)cc1. The van der Waals surface area contributed by atoms with Gasteiger partial charge in [0.05, 0.1) is 7.11 Å². The number of carbonyl (C=O) groups is 1. The number of amides is 1. The number of benzene rings is 2. The molecule has 0 saturated heterocycles. The Hall–Kier alpha value is -3.08. The minimum absolute atomic E-state index is 0.111. The van der Waals surface area contributed by atoms with Gasteiger partial charge in [0.2, 0.25) is 0 Å². The second kappa shape index (κ2) is 7.27. The summed E-state index contributed by atoms with van der Waals surface area (Å²) in [6.07, 6.45) is 2.80. The molecule has 1 atom stereocenters. The predicted octanol–water partition coefficient (Wildman–Crippen LogP) is 4.27. The van der Waals surface area contributed by atoms with Gasteiger partial charge < -0.3 is 14.2 Å². The van der Waals surface area contributed by atoms with Crippen molar-refractivity contribution in [3.05, 3.63) is 89.5 Å². The number of carbonyl (C=O) groups excluding carboxylic acids is 1. The number of fused-ring (bicyclic) bond motifs is 1. The molecule has 2 aromatic carbocycles. The minimum Gasteiger partial charge on any atom is -0.497 e. The second-order valence-corrected chi connectivity index (χ2v) is 6.63. The third-order valence-corrected chi connectivity index (χ3v) is 5.05. The molecule has 0 saturated carbocycles. The summed E-state index contributed by atoms with van der Waals surface area (Å²) in [6, 6.07) is 17.2. The van der Waals surface area contributed by atoms with Gasteiger partial charge in [-0.3, -0.25) is 4.79 Å². The number of hydrogen-bond donors (Lipinski definition) is 0. The van der Waals surface area contributed by atoms with E-state index in [-0.39, 0.29) is 11.7 Å². The molecular formula is C22H21FN2O2. The van der Waals surface area contributed by atoms with Crippen molar-refractivity contribution in [2.75, 3.05) is 13.7 Å². The van der Waals surface area contributed by atoms with Gasteiger partial charge in [-0.05, 0) is 48.9 Å². The van der Waals surface area contributed by atoms with Gasteiger partial charge in [-0.1, -0.05) is 18.2 Å². The zero-order chi connectivity index (χ0) is 18.8. The molecule has 2 heterocycles. The summed E-state index contributed by atoms with van der Waals surface area (Å²) in [5, 5.41) is 0. The maximum Gasteiger partial charge on any atom is 0.254 e. The van der Waals surface area contributed by atoms with E-state index in [4.69, 9.17) is 4.74 Å². The van der Waals surface area contributed by atoms with Crippen molar-refractivity contribution in [1.29, 1.82) is 0 Å². The normalized spacial score (nSPS) is 16.5. The van der Waals surface area contributed by atoms with Crippen LogP contribution in [0.25, 0.3) is 0 Å². The third kappa shape index (κ3) is 3.21. The van der Waals surface area contributed by atoms with E-state index < -0.39 is 6.04 Å². The highest BCUT2D eigenvalue weighted by molar-refractivity contribution is 5.95. The third-order valence-electron chi connectivity index (χ3n) is 5.05. The van der Waals surface area contributed by atoms with Crippen LogP contribution >= 0.6 is 0 Å². The Morgan fingerprint density at radius 3 is 2.56 bits per heavy atom. The van der Waals surface area contributed by atoms with E-state index >= 15 is 0 Å². The average molecular weight is 364 g/mol. The first-order chi connectivity index (χ1) is 13.2. The van der Waals surface area contributed by atoms with Crippen LogP contribution in [0.4, 0.5) is 4.39 Å². The van der Waals surface area contributed by atoms with E-state index in [9.17, 15) is 9.18 Å². The van der Waals surface area contributed by atoms with Gasteiger partial charge in [0.15, 0.2) is 0 Å². The Morgan fingerprint density at radius 1 is 1.04 bits per heavy atom. The van der Waals surface area contributed by atoms with Gasteiger partial charge >= 0.3 is 0 Å². The number of aromatic nitrogens is 1. The number of nitrogens with zero attached hydrogens (tertiary/aromatic N) is 2. The topological polar surface area (TPSA) is 34.5 Å². The zero-order valence-electron chi connectivity index (χ0n) is 15.1. The summed E-state index contributed by atoms with van der Waals surface area (Å²) in [7, 11) is 1.59. The highest BCUT2D eigenvalue weighted by atomic mass is 19.1. The lowest BCUT2D eigenvalue weighted by atomic mass is 10.00. The summed E-state index contributed by atoms with van der Waals surface area (Å²) < 4.78 is 22.0. The molecule has 0 spiro atoms. The van der Waals surface area contributed by atoms with Crippen LogP contribution in [0.5, 0.6) is 5.75 Å². The van der Waals surface area contributed by atoms with Crippen LogP contribution < -0.4 is 4.74 Å². The Balaban J connectivity index is 1.79. The van der Waals surface area contributed by atoms with Gasteiger partial charge in [-0.2, -0.15) is 0 Å². The lowest BCUT2D eigenvalue weighted by Gasteiger charge is -2.31. The van der Waals surface area contributed by atoms with Crippen molar-refractivity contribution in [2.45, 2.75) is 19.0 Å². The Labute approximate surface area is 157 Å². The number of rotatable bonds is 3. The van der Waals surface area contributed by atoms with Crippen LogP contribution in [0.15, 0.2) is 66.9 Å². The first-order valence-corrected chi connectivity index (χ1v) is 9.03. The van der Waals surface area contributed by atoms with Crippen molar-refractivity contribution in [3.8, 4) is 5.75 Å². The van der Waals surface area contributed by atoms with Crippen LogP contribution in [-0.4, -0.2) is 29.0 Å². The molecule has 1 aromatic heterocycles. The number of methoxy groups -OCH3 is 1. The molecule has 1 unspecified atom stereocenters. The van der Waals surface area contributed by atoms with Gasteiger partial charge in [0.1, 0.15) is 17.6 Å². The molecular weight excluding hydrogens is 343 g/mol. The molecule has 4 nitrogen and oxygen atoms in total. The largest absolute Gasteiger partial charge is 0.497 e. The fourth-order valence-electron chi connectivity index (χ4n) is 3.72. The van der Waals surface area contributed by atoms with Crippen molar-refractivity contribution in [2.24, 2.45) is 0 Å². The Kier molecular flexibility index (Phi) is 4.67. The number of hydrogen-bond acceptors (Lipinski definition) is 2. The van der Waals surface area contributed by atoms with Crippen LogP contribution in [-0.2, 0) is 6.54 Å². The van der Waals surface area contributed by atoms with E-state index in [1.54, 1.807) is 48.4 Å². The molecule has 138 valence electrons. The van der Waals surface area contributed by atoms with E-state index in [0.717, 1.165) is 18.7 Å². The van der Waals surface area contributed by atoms with Gasteiger partial charge in [0.25, 0.3) is 5.91 Å². The Morgan fingerprint density at radius 2 is 1.81 bits per heavy atom. The van der Waals surface area contributed by atoms with Crippen molar-refractivity contribution in [3.63, 3.8) is 0 Å². The first-order valence-electron chi connectivity index (χ1n) is 9.03. The summed E-state index contributed by atoms with van der Waals surface area (Å²) in [4.78, 5) is 15.1. The maximum absolute atomic E-state index is 14.7. The summed E-state index contributed by atoms with van der Waals surface area (Å²) in [5.74, 6) is 0.284. The van der Waals surface area contributed by atoms with Crippen molar-refractivity contribution >= 4 is 5.91 Å². The van der Waals surface area contributed by atoms with E-state index in [1.165, 1.54) is 6.07 Å². The Bertz CT molecular complexity index is 949. The lowest BCUT2D eigenvalue weighted by molar-refractivity contribution is 0.0707. The van der Waals surface area contributed by atoms with Crippen molar-refractivity contribution < 1.29 is 13.9 Å². The van der Waals surface area contributed by atoms with Crippen molar-refractivity contribution in [1.82, 2.24) is 9.47 Å². The predicted molar refractivity (Wildman–Crippen MR) is 101 cm³/mol. The van der Waals surface area contributed by atoms with Crippen LogP contribution in [0.1, 0.15) is 34.1 Å². The summed E-state index contributed by atoms with van der Waals surface area (Å²) in [5.41, 5.74) is 2.01. The monoisotopic (exact) mass is 364 g/mol. The molecule has 27 heavy (non-hydrogen) atoms. The van der Waals surface area contributed by atoms with Gasteiger partial charge in [-0.15, -0.1) is 0 Å². The molecule has 4 rings (SSSR count). The molecule has 0 N–H and O–H groups in total. The maximum atomic E-state index is 14.7. The van der Waals surface area contributed by atoms with Crippen LogP contribution in [0, 0.1) is 5.82 Å². The fourth-order valence-corrected chi connectivity index (χ4v) is 3.72. The summed E-state index contributed by atoms with van der Waals surface area (Å²) >= 11 is 0. The zero-order valence-corrected chi connectivity index (χ0v) is 15.1. The standard InChI is InChI=1S/C22H21FN2O2/c1-27-17-11-9-16(10-12-17)22(26)25-15-5-14-24-13-4-8-20(24)21(25)18-6-2-3-7-19(18)23/h2-4,6-13,21H,5,14-15H2,1H3. The molecule has 5 heteroatoms. The molecule has 1 amide bonds. The number of aryl methyl sites for hydroxylation is 1. The fraction of sp³-hybridized carbons (Fsp3) is 0.227. The van der Waals surface area contributed by atoms with Crippen LogP contribution in [0.2, 0.25) is 0 Å². The number of ether oxygens (including phenoxy) is 1. The highest BCUT2D eigenvalue weighted by Crippen LogP contribution is 2.34. The minimum atomic E-state index is -0.460. The molecule has 0 bridgehead atoms. The van der Waals surface area contributed by atoms with Gasteiger partial charge in [0, 0.05) is 36.1 Å². The van der Waals surface area contributed by atoms with E-state index in [1.807, 2.05) is 24.4 Å². The van der Waals surface area contributed by atoms with E-state index in [2.05, 4.69) is 4.57 Å². The smallest absolute Gasteiger partial charge is 0.254 e. The summed E-state index contributed by atoms with van der Waals surface area (Å²) in [6.45, 7) is 1.37. The number of halogens is 1. The molecule has 3 aromatic rings. The molecule has 1 aliphatic heterocycles. The second-order valence-electron chi connectivity index (χ2n) is 6.63. The first kappa shape index (κ1) is 17.3. The molecule has 0 fully saturated rings. The molecule has 0 radical (unpaired) electrons.